The quantitative estimate of drug-likeness (QED) is 0.288. The summed E-state index contributed by atoms with van der Waals surface area (Å²) in [6.07, 6.45) is -2.79. The van der Waals surface area contributed by atoms with Crippen LogP contribution >= 0.6 is 0 Å². The second-order valence-electron chi connectivity index (χ2n) is 9.93. The van der Waals surface area contributed by atoms with E-state index in [0.29, 0.717) is 58.1 Å². The standard InChI is InChI=1S/C28H32F3N7O/c1-17(2)38(18(3)4)14-13-33-26-23-27(36-25(35-26)21-9-7-20(8-10-21)24(32)39)37(16-34-23)15-19-5-11-22(12-6-19)28(29,30)31/h5-12,16-18H,13-15H2,1-4H3,(H2,32,39)(H,33,35,36). The normalized spacial score (nSPS) is 12.2. The van der Waals surface area contributed by atoms with E-state index in [2.05, 4.69) is 42.9 Å². The van der Waals surface area contributed by atoms with Gasteiger partial charge >= 0.3 is 6.18 Å². The number of hydrogen-bond acceptors (Lipinski definition) is 6. The number of rotatable bonds is 10. The molecule has 0 fully saturated rings. The molecule has 0 saturated heterocycles. The fourth-order valence-electron chi connectivity index (χ4n) is 4.51. The van der Waals surface area contributed by atoms with E-state index in [-0.39, 0.29) is 6.54 Å². The van der Waals surface area contributed by atoms with Gasteiger partial charge in [-0.3, -0.25) is 9.69 Å². The Kier molecular flexibility index (Phi) is 8.19. The predicted molar refractivity (Wildman–Crippen MR) is 145 cm³/mol. The number of halogens is 3. The number of benzene rings is 2. The highest BCUT2D eigenvalue weighted by Gasteiger charge is 2.30. The number of nitrogens with zero attached hydrogens (tertiary/aromatic N) is 5. The maximum absolute atomic E-state index is 13.0. The summed E-state index contributed by atoms with van der Waals surface area (Å²) < 4.78 is 40.8. The zero-order chi connectivity index (χ0) is 28.3. The molecule has 2 aromatic heterocycles. The molecule has 0 aliphatic carbocycles. The molecule has 0 aliphatic rings. The number of carbonyl (C=O) groups is 1. The number of nitrogens with two attached hydrogens (primary N) is 1. The maximum atomic E-state index is 13.0. The van der Waals surface area contributed by atoms with Crippen molar-refractivity contribution in [3.8, 4) is 11.4 Å². The zero-order valence-electron chi connectivity index (χ0n) is 22.3. The fraction of sp³-hybridized carbons (Fsp3) is 0.357. The Hall–Kier alpha value is -3.99. The molecule has 39 heavy (non-hydrogen) atoms. The van der Waals surface area contributed by atoms with E-state index in [1.54, 1.807) is 35.2 Å². The van der Waals surface area contributed by atoms with Crippen LogP contribution in [0.5, 0.6) is 0 Å². The van der Waals surface area contributed by atoms with Gasteiger partial charge in [0, 0.05) is 36.3 Å². The van der Waals surface area contributed by atoms with Crippen LogP contribution in [0, 0.1) is 0 Å². The van der Waals surface area contributed by atoms with Crippen molar-refractivity contribution >= 4 is 22.9 Å². The van der Waals surface area contributed by atoms with E-state index in [9.17, 15) is 18.0 Å². The van der Waals surface area contributed by atoms with Crippen LogP contribution < -0.4 is 11.1 Å². The third-order valence-electron chi connectivity index (χ3n) is 6.51. The molecule has 4 rings (SSSR count). The van der Waals surface area contributed by atoms with Crippen molar-refractivity contribution in [2.24, 2.45) is 5.73 Å². The number of aromatic nitrogens is 4. The highest BCUT2D eigenvalue weighted by atomic mass is 19.4. The van der Waals surface area contributed by atoms with Gasteiger partial charge in [0.05, 0.1) is 18.4 Å². The Morgan fingerprint density at radius 3 is 2.21 bits per heavy atom. The topological polar surface area (TPSA) is 102 Å². The van der Waals surface area contributed by atoms with Gasteiger partial charge in [-0.25, -0.2) is 15.0 Å². The lowest BCUT2D eigenvalue weighted by molar-refractivity contribution is -0.137. The van der Waals surface area contributed by atoms with Crippen molar-refractivity contribution in [1.29, 1.82) is 0 Å². The number of imidazole rings is 1. The van der Waals surface area contributed by atoms with E-state index in [1.165, 1.54) is 12.1 Å². The first-order valence-electron chi connectivity index (χ1n) is 12.7. The van der Waals surface area contributed by atoms with Gasteiger partial charge in [0.15, 0.2) is 17.3 Å². The molecular formula is C28H32F3N7O. The largest absolute Gasteiger partial charge is 0.416 e. The van der Waals surface area contributed by atoms with Crippen LogP contribution in [0.25, 0.3) is 22.6 Å². The first-order chi connectivity index (χ1) is 18.4. The molecule has 0 atom stereocenters. The molecular weight excluding hydrogens is 507 g/mol. The Labute approximate surface area is 225 Å². The molecule has 0 unspecified atom stereocenters. The Morgan fingerprint density at radius 2 is 1.64 bits per heavy atom. The predicted octanol–water partition coefficient (Wildman–Crippen LogP) is 5.19. The van der Waals surface area contributed by atoms with E-state index < -0.39 is 17.6 Å². The minimum absolute atomic E-state index is 0.277. The van der Waals surface area contributed by atoms with Gasteiger partial charge < -0.3 is 15.6 Å². The fourth-order valence-corrected chi connectivity index (χ4v) is 4.51. The minimum Gasteiger partial charge on any atom is -0.367 e. The summed E-state index contributed by atoms with van der Waals surface area (Å²) in [5, 5.41) is 3.40. The second-order valence-corrected chi connectivity index (χ2v) is 9.93. The molecule has 1 amide bonds. The number of fused-ring (bicyclic) bond motifs is 1. The molecule has 0 bridgehead atoms. The van der Waals surface area contributed by atoms with Crippen LogP contribution in [-0.2, 0) is 12.7 Å². The van der Waals surface area contributed by atoms with Gasteiger partial charge in [-0.05, 0) is 57.5 Å². The van der Waals surface area contributed by atoms with Crippen LogP contribution in [0.4, 0.5) is 19.0 Å². The van der Waals surface area contributed by atoms with Gasteiger partial charge in [-0.1, -0.05) is 24.3 Å². The van der Waals surface area contributed by atoms with E-state index in [4.69, 9.17) is 15.7 Å². The summed E-state index contributed by atoms with van der Waals surface area (Å²) in [4.78, 5) is 27.9. The minimum atomic E-state index is -4.40. The summed E-state index contributed by atoms with van der Waals surface area (Å²) in [6.45, 7) is 10.3. The Balaban J connectivity index is 1.69. The first-order valence-corrected chi connectivity index (χ1v) is 12.7. The zero-order valence-corrected chi connectivity index (χ0v) is 22.3. The number of alkyl halides is 3. The van der Waals surface area contributed by atoms with Gasteiger partial charge in [0.25, 0.3) is 0 Å². The van der Waals surface area contributed by atoms with Crippen LogP contribution in [0.3, 0.4) is 0 Å². The van der Waals surface area contributed by atoms with Crippen LogP contribution in [0.15, 0.2) is 54.9 Å². The summed E-state index contributed by atoms with van der Waals surface area (Å²) in [5.74, 6) is 0.433. The molecule has 0 radical (unpaired) electrons. The van der Waals surface area contributed by atoms with Crippen molar-refractivity contribution in [1.82, 2.24) is 24.4 Å². The first kappa shape index (κ1) is 28.0. The number of carbonyl (C=O) groups excluding carboxylic acids is 1. The van der Waals surface area contributed by atoms with E-state index >= 15 is 0 Å². The molecule has 3 N–H and O–H groups in total. The van der Waals surface area contributed by atoms with Gasteiger partial charge in [0.1, 0.15) is 5.52 Å². The number of amides is 1. The van der Waals surface area contributed by atoms with Gasteiger partial charge in [-0.2, -0.15) is 13.2 Å². The van der Waals surface area contributed by atoms with Crippen LogP contribution in [0.2, 0.25) is 0 Å². The summed E-state index contributed by atoms with van der Waals surface area (Å²) in [6, 6.07) is 12.5. The van der Waals surface area contributed by atoms with Gasteiger partial charge in [0.2, 0.25) is 5.91 Å². The molecule has 4 aromatic rings. The van der Waals surface area contributed by atoms with Crippen LogP contribution in [0.1, 0.15) is 49.2 Å². The SMILES string of the molecule is CC(C)N(CCNc1nc(-c2ccc(C(N)=O)cc2)nc2c1ncn2Cc1ccc(C(F)(F)F)cc1)C(C)C. The number of anilines is 1. The molecule has 8 nitrogen and oxygen atoms in total. The third-order valence-corrected chi connectivity index (χ3v) is 6.51. The number of primary amides is 1. The van der Waals surface area contributed by atoms with Crippen molar-refractivity contribution < 1.29 is 18.0 Å². The summed E-state index contributed by atoms with van der Waals surface area (Å²) >= 11 is 0. The summed E-state index contributed by atoms with van der Waals surface area (Å²) in [5.41, 5.74) is 7.49. The molecule has 0 spiro atoms. The Bertz CT molecular complexity index is 1420. The van der Waals surface area contributed by atoms with Crippen molar-refractivity contribution in [2.45, 2.75) is 52.5 Å². The van der Waals surface area contributed by atoms with E-state index in [0.717, 1.165) is 18.7 Å². The summed E-state index contributed by atoms with van der Waals surface area (Å²) in [7, 11) is 0. The lowest BCUT2D eigenvalue weighted by Crippen LogP contribution is -2.40. The Morgan fingerprint density at radius 1 is 1.00 bits per heavy atom. The molecule has 0 aliphatic heterocycles. The average molecular weight is 540 g/mol. The molecule has 11 heteroatoms. The van der Waals surface area contributed by atoms with E-state index in [1.807, 2.05) is 0 Å². The van der Waals surface area contributed by atoms with Crippen molar-refractivity contribution in [3.63, 3.8) is 0 Å². The third kappa shape index (κ3) is 6.54. The van der Waals surface area contributed by atoms with Crippen molar-refractivity contribution in [3.05, 3.63) is 71.5 Å². The highest BCUT2D eigenvalue weighted by molar-refractivity contribution is 5.93. The molecule has 206 valence electrons. The lowest BCUT2D eigenvalue weighted by atomic mass is 10.1. The maximum Gasteiger partial charge on any atom is 0.416 e. The monoisotopic (exact) mass is 539 g/mol. The molecule has 0 saturated carbocycles. The average Bonchev–Trinajstić information content (AvgIpc) is 3.28. The number of hydrogen-bond donors (Lipinski definition) is 2. The second kappa shape index (κ2) is 11.4. The van der Waals surface area contributed by atoms with Crippen molar-refractivity contribution in [2.75, 3.05) is 18.4 Å². The molecule has 2 heterocycles. The van der Waals surface area contributed by atoms with Crippen LogP contribution in [-0.4, -0.2) is 55.5 Å². The lowest BCUT2D eigenvalue weighted by Gasteiger charge is -2.30. The van der Waals surface area contributed by atoms with Gasteiger partial charge in [-0.15, -0.1) is 0 Å². The smallest absolute Gasteiger partial charge is 0.367 e. The highest BCUT2D eigenvalue weighted by Crippen LogP contribution is 2.30. The molecule has 2 aromatic carbocycles. The number of nitrogens with one attached hydrogen (secondary N) is 1.